The summed E-state index contributed by atoms with van der Waals surface area (Å²) in [6.45, 7) is 1.18. The number of rotatable bonds is 3. The highest BCUT2D eigenvalue weighted by molar-refractivity contribution is 8.13. The van der Waals surface area contributed by atoms with E-state index in [2.05, 4.69) is 4.99 Å². The van der Waals surface area contributed by atoms with Gasteiger partial charge in [-0.2, -0.15) is 0 Å². The summed E-state index contributed by atoms with van der Waals surface area (Å²) in [6.07, 6.45) is 0. The maximum atomic E-state index is 13.3. The minimum Gasteiger partial charge on any atom is -0.286 e. The first-order valence-corrected chi connectivity index (χ1v) is 9.42. The van der Waals surface area contributed by atoms with E-state index in [4.69, 9.17) is 0 Å². The predicted molar refractivity (Wildman–Crippen MR) is 105 cm³/mol. The fourth-order valence-corrected chi connectivity index (χ4v) is 4.06. The summed E-state index contributed by atoms with van der Waals surface area (Å²) in [4.78, 5) is 19.3. The fraction of sp³-hybridized carbons (Fsp3) is 0.143. The number of aliphatic imine (C=N–C) groups is 1. The molecule has 1 aliphatic rings. The molecule has 0 saturated heterocycles. The summed E-state index contributed by atoms with van der Waals surface area (Å²) in [6, 6.07) is 20.2. The van der Waals surface area contributed by atoms with Gasteiger partial charge in [0.05, 0.1) is 6.54 Å². The standard InChI is InChI=1S/C21H17FN2OS/c22-17-8-3-5-15(13-17)14-26-21-23-11-12-24(21)20(25)19-10-4-7-16-6-1-2-9-18(16)19/h1-10,13H,11-12,14H2. The SMILES string of the molecule is O=C(c1cccc2ccccc12)N1CCN=C1SCc1cccc(F)c1. The Bertz CT molecular complexity index is 997. The number of amides is 1. The van der Waals surface area contributed by atoms with E-state index in [1.54, 1.807) is 11.0 Å². The highest BCUT2D eigenvalue weighted by Gasteiger charge is 2.26. The van der Waals surface area contributed by atoms with Crippen molar-refractivity contribution in [2.24, 2.45) is 4.99 Å². The summed E-state index contributed by atoms with van der Waals surface area (Å²) in [5.41, 5.74) is 1.56. The second-order valence-corrected chi connectivity index (χ2v) is 7.01. The quantitative estimate of drug-likeness (QED) is 0.673. The van der Waals surface area contributed by atoms with Gasteiger partial charge >= 0.3 is 0 Å². The van der Waals surface area contributed by atoms with Crippen LogP contribution in [-0.2, 0) is 5.75 Å². The zero-order valence-electron chi connectivity index (χ0n) is 14.1. The number of nitrogens with zero attached hydrogens (tertiary/aromatic N) is 2. The zero-order chi connectivity index (χ0) is 17.9. The number of carbonyl (C=O) groups is 1. The Morgan fingerprint density at radius 3 is 2.77 bits per heavy atom. The van der Waals surface area contributed by atoms with Crippen LogP contribution in [0.5, 0.6) is 0 Å². The van der Waals surface area contributed by atoms with Crippen molar-refractivity contribution >= 4 is 33.6 Å². The lowest BCUT2D eigenvalue weighted by Gasteiger charge is -2.19. The Labute approximate surface area is 155 Å². The Hall–Kier alpha value is -2.66. The van der Waals surface area contributed by atoms with E-state index in [0.29, 0.717) is 29.6 Å². The molecule has 0 spiro atoms. The number of amidine groups is 1. The van der Waals surface area contributed by atoms with Crippen molar-refractivity contribution in [3.05, 3.63) is 83.7 Å². The number of carbonyl (C=O) groups excluding carboxylic acids is 1. The number of thioether (sulfide) groups is 1. The van der Waals surface area contributed by atoms with E-state index in [1.165, 1.54) is 23.9 Å². The lowest BCUT2D eigenvalue weighted by Crippen LogP contribution is -2.33. The molecular formula is C21H17FN2OS. The Morgan fingerprint density at radius 1 is 1.08 bits per heavy atom. The van der Waals surface area contributed by atoms with Crippen molar-refractivity contribution in [1.29, 1.82) is 0 Å². The van der Waals surface area contributed by atoms with Gasteiger partial charge in [-0.15, -0.1) is 0 Å². The molecule has 130 valence electrons. The Morgan fingerprint density at radius 2 is 1.88 bits per heavy atom. The molecule has 3 aromatic rings. The van der Waals surface area contributed by atoms with E-state index in [9.17, 15) is 9.18 Å². The fourth-order valence-electron chi connectivity index (χ4n) is 3.07. The smallest absolute Gasteiger partial charge is 0.260 e. The van der Waals surface area contributed by atoms with E-state index in [0.717, 1.165) is 16.3 Å². The summed E-state index contributed by atoms with van der Waals surface area (Å²) < 4.78 is 13.3. The molecular weight excluding hydrogens is 347 g/mol. The number of hydrogen-bond donors (Lipinski definition) is 0. The lowest BCUT2D eigenvalue weighted by atomic mass is 10.0. The van der Waals surface area contributed by atoms with Crippen molar-refractivity contribution in [3.63, 3.8) is 0 Å². The second kappa shape index (κ2) is 7.30. The molecule has 0 bridgehead atoms. The molecule has 0 radical (unpaired) electrons. The van der Waals surface area contributed by atoms with Gasteiger partial charge in [0, 0.05) is 17.9 Å². The topological polar surface area (TPSA) is 32.7 Å². The third-order valence-electron chi connectivity index (χ3n) is 4.32. The van der Waals surface area contributed by atoms with Crippen LogP contribution in [0.2, 0.25) is 0 Å². The molecule has 3 nitrogen and oxygen atoms in total. The average molecular weight is 364 g/mol. The van der Waals surface area contributed by atoms with Crippen molar-refractivity contribution in [2.75, 3.05) is 13.1 Å². The highest BCUT2D eigenvalue weighted by atomic mass is 32.2. The molecule has 3 aromatic carbocycles. The van der Waals surface area contributed by atoms with Gasteiger partial charge in [-0.1, -0.05) is 60.3 Å². The molecule has 1 heterocycles. The van der Waals surface area contributed by atoms with Gasteiger partial charge in [0.1, 0.15) is 5.82 Å². The van der Waals surface area contributed by atoms with Gasteiger partial charge in [-0.3, -0.25) is 14.7 Å². The van der Waals surface area contributed by atoms with Crippen molar-refractivity contribution in [2.45, 2.75) is 5.75 Å². The number of benzene rings is 3. The third-order valence-corrected chi connectivity index (χ3v) is 5.41. The summed E-state index contributed by atoms with van der Waals surface area (Å²) >= 11 is 1.47. The summed E-state index contributed by atoms with van der Waals surface area (Å²) in [5, 5.41) is 2.69. The van der Waals surface area contributed by atoms with Gasteiger partial charge in [0.15, 0.2) is 5.17 Å². The molecule has 0 atom stereocenters. The first kappa shape index (κ1) is 16.8. The Balaban J connectivity index is 1.55. The highest BCUT2D eigenvalue weighted by Crippen LogP contribution is 2.25. The normalized spacial score (nSPS) is 13.9. The minimum absolute atomic E-state index is 0.0372. The van der Waals surface area contributed by atoms with Crippen LogP contribution >= 0.6 is 11.8 Å². The number of fused-ring (bicyclic) bond motifs is 1. The van der Waals surface area contributed by atoms with E-state index in [-0.39, 0.29) is 11.7 Å². The summed E-state index contributed by atoms with van der Waals surface area (Å²) in [7, 11) is 0. The molecule has 26 heavy (non-hydrogen) atoms. The molecule has 0 aromatic heterocycles. The van der Waals surface area contributed by atoms with Gasteiger partial charge in [0.2, 0.25) is 0 Å². The van der Waals surface area contributed by atoms with Crippen LogP contribution in [0.4, 0.5) is 4.39 Å². The maximum absolute atomic E-state index is 13.3. The van der Waals surface area contributed by atoms with Gasteiger partial charge < -0.3 is 0 Å². The van der Waals surface area contributed by atoms with Crippen LogP contribution in [0.3, 0.4) is 0 Å². The largest absolute Gasteiger partial charge is 0.286 e. The molecule has 0 unspecified atom stereocenters. The predicted octanol–water partition coefficient (Wildman–Crippen LogP) is 4.72. The Kier molecular flexibility index (Phi) is 4.71. The monoisotopic (exact) mass is 364 g/mol. The number of halogens is 1. The molecule has 0 N–H and O–H groups in total. The molecule has 4 rings (SSSR count). The van der Waals surface area contributed by atoms with Crippen LogP contribution in [-0.4, -0.2) is 29.1 Å². The first-order chi connectivity index (χ1) is 12.7. The molecule has 0 aliphatic carbocycles. The van der Waals surface area contributed by atoms with E-state index in [1.807, 2.05) is 48.5 Å². The van der Waals surface area contributed by atoms with Crippen LogP contribution in [0.1, 0.15) is 15.9 Å². The van der Waals surface area contributed by atoms with Gasteiger partial charge in [0.25, 0.3) is 5.91 Å². The van der Waals surface area contributed by atoms with Gasteiger partial charge in [-0.05, 0) is 34.5 Å². The van der Waals surface area contributed by atoms with Crippen molar-refractivity contribution in [1.82, 2.24) is 4.90 Å². The zero-order valence-corrected chi connectivity index (χ0v) is 14.9. The maximum Gasteiger partial charge on any atom is 0.260 e. The first-order valence-electron chi connectivity index (χ1n) is 8.44. The van der Waals surface area contributed by atoms with Crippen molar-refractivity contribution < 1.29 is 9.18 Å². The molecule has 0 fully saturated rings. The van der Waals surface area contributed by atoms with E-state index < -0.39 is 0 Å². The lowest BCUT2D eigenvalue weighted by molar-refractivity contribution is 0.0862. The van der Waals surface area contributed by atoms with Crippen LogP contribution in [0.25, 0.3) is 10.8 Å². The second-order valence-electron chi connectivity index (χ2n) is 6.07. The number of hydrogen-bond acceptors (Lipinski definition) is 3. The van der Waals surface area contributed by atoms with Crippen molar-refractivity contribution in [3.8, 4) is 0 Å². The third kappa shape index (κ3) is 3.35. The molecule has 0 saturated carbocycles. The van der Waals surface area contributed by atoms with Crippen LogP contribution < -0.4 is 0 Å². The van der Waals surface area contributed by atoms with Gasteiger partial charge in [-0.25, -0.2) is 4.39 Å². The molecule has 1 amide bonds. The van der Waals surface area contributed by atoms with E-state index >= 15 is 0 Å². The van der Waals surface area contributed by atoms with Crippen LogP contribution in [0, 0.1) is 5.82 Å². The van der Waals surface area contributed by atoms with Crippen LogP contribution in [0.15, 0.2) is 71.7 Å². The molecule has 5 heteroatoms. The minimum atomic E-state index is -0.250. The molecule has 1 aliphatic heterocycles. The average Bonchev–Trinajstić information content (AvgIpc) is 3.14. The summed E-state index contributed by atoms with van der Waals surface area (Å²) in [5.74, 6) is 0.292.